The van der Waals surface area contributed by atoms with Crippen LogP contribution in [0.15, 0.2) is 110 Å². The van der Waals surface area contributed by atoms with Gasteiger partial charge in [0.25, 0.3) is 0 Å². The second kappa shape index (κ2) is 8.86. The van der Waals surface area contributed by atoms with Crippen LogP contribution >= 0.6 is 0 Å². The lowest BCUT2D eigenvalue weighted by molar-refractivity contribution is -0.742. The summed E-state index contributed by atoms with van der Waals surface area (Å²) in [5.41, 5.74) is 9.26. The number of hydrogen-bond donors (Lipinski definition) is 0. The Balaban J connectivity index is 1.76. The van der Waals surface area contributed by atoms with Crippen LogP contribution in [0.2, 0.25) is 0 Å². The van der Waals surface area contributed by atoms with Crippen LogP contribution < -0.4 is 4.57 Å². The standard InChI is InChI=1S/C38H35N2/c1-6-37(5)33-23-29(27-17-13-10-14-18-27)22-32-31-21-28(26-15-11-9-12-16-26)19-20-30(31)35-36(34(32)33)40(24-25(4)39-35)38(37,7-2)8-3/h7,9-24H,2,6,8H2,1,3-5H3/q+1. The molecule has 2 unspecified atom stereocenters. The Kier molecular flexibility index (Phi) is 5.47. The predicted octanol–water partition coefficient (Wildman–Crippen LogP) is 9.44. The first-order valence-corrected chi connectivity index (χ1v) is 14.5. The average molecular weight is 520 g/mol. The fourth-order valence-electron chi connectivity index (χ4n) is 7.51. The third-order valence-electron chi connectivity index (χ3n) is 9.79. The molecule has 0 spiro atoms. The van der Waals surface area contributed by atoms with E-state index >= 15 is 0 Å². The molecule has 0 bridgehead atoms. The number of allylic oxidation sites excluding steroid dienone is 1. The molecule has 6 aromatic rings. The molecule has 0 amide bonds. The Hall–Kier alpha value is -4.30. The van der Waals surface area contributed by atoms with Crippen molar-refractivity contribution in [2.75, 3.05) is 0 Å². The molecule has 2 atom stereocenters. The van der Waals surface area contributed by atoms with Gasteiger partial charge in [0.1, 0.15) is 11.2 Å². The normalized spacial score (nSPS) is 20.0. The van der Waals surface area contributed by atoms with Gasteiger partial charge in [0.15, 0.2) is 11.7 Å². The lowest BCUT2D eigenvalue weighted by Gasteiger charge is -2.45. The summed E-state index contributed by atoms with van der Waals surface area (Å²) in [4.78, 5) is 5.23. The maximum Gasteiger partial charge on any atom is 0.240 e. The summed E-state index contributed by atoms with van der Waals surface area (Å²) >= 11 is 0. The second-order valence-corrected chi connectivity index (χ2v) is 11.6. The molecule has 0 radical (unpaired) electrons. The molecule has 1 aromatic heterocycles. The Morgan fingerprint density at radius 3 is 2.02 bits per heavy atom. The number of aryl methyl sites for hydroxylation is 1. The van der Waals surface area contributed by atoms with E-state index in [2.05, 4.69) is 142 Å². The Bertz CT molecular complexity index is 1960. The number of nitrogens with zero attached hydrogens (tertiary/aromatic N) is 2. The Morgan fingerprint density at radius 1 is 0.750 bits per heavy atom. The molecule has 1 aliphatic heterocycles. The Labute approximate surface area is 236 Å². The molecule has 196 valence electrons. The Morgan fingerprint density at radius 2 is 1.40 bits per heavy atom. The molecular weight excluding hydrogens is 484 g/mol. The van der Waals surface area contributed by atoms with Gasteiger partial charge in [-0.15, -0.1) is 0 Å². The first-order valence-electron chi connectivity index (χ1n) is 14.5. The van der Waals surface area contributed by atoms with Gasteiger partial charge >= 0.3 is 0 Å². The zero-order chi connectivity index (χ0) is 27.6. The fourth-order valence-corrected chi connectivity index (χ4v) is 7.51. The van der Waals surface area contributed by atoms with Crippen LogP contribution in [0.3, 0.4) is 0 Å². The van der Waals surface area contributed by atoms with E-state index in [1.54, 1.807) is 0 Å². The molecule has 2 nitrogen and oxygen atoms in total. The molecule has 0 fully saturated rings. The van der Waals surface area contributed by atoms with Crippen molar-refractivity contribution >= 4 is 32.6 Å². The number of fused-ring (bicyclic) bond motifs is 3. The van der Waals surface area contributed by atoms with Crippen LogP contribution in [0.5, 0.6) is 0 Å². The molecule has 1 aliphatic rings. The molecule has 2 heteroatoms. The largest absolute Gasteiger partial charge is 0.240 e. The van der Waals surface area contributed by atoms with Crippen molar-refractivity contribution in [1.82, 2.24) is 4.98 Å². The minimum absolute atomic E-state index is 0.157. The van der Waals surface area contributed by atoms with E-state index in [-0.39, 0.29) is 11.0 Å². The van der Waals surface area contributed by atoms with Gasteiger partial charge in [-0.3, -0.25) is 0 Å². The van der Waals surface area contributed by atoms with Crippen LogP contribution in [0.1, 0.15) is 44.9 Å². The van der Waals surface area contributed by atoms with Crippen molar-refractivity contribution in [3.05, 3.63) is 121 Å². The van der Waals surface area contributed by atoms with Crippen molar-refractivity contribution in [3.8, 4) is 22.3 Å². The van der Waals surface area contributed by atoms with Gasteiger partial charge in [0.2, 0.25) is 5.52 Å². The van der Waals surface area contributed by atoms with E-state index in [1.165, 1.54) is 54.9 Å². The number of benzene rings is 5. The highest BCUT2D eigenvalue weighted by molar-refractivity contribution is 6.24. The van der Waals surface area contributed by atoms with Crippen LogP contribution in [0.25, 0.3) is 54.8 Å². The minimum atomic E-state index is -0.277. The third-order valence-corrected chi connectivity index (χ3v) is 9.79. The van der Waals surface area contributed by atoms with E-state index < -0.39 is 0 Å². The molecule has 7 rings (SSSR count). The van der Waals surface area contributed by atoms with Gasteiger partial charge in [-0.25, -0.2) is 4.98 Å². The monoisotopic (exact) mass is 519 g/mol. The number of hydrogen-bond acceptors (Lipinski definition) is 1. The summed E-state index contributed by atoms with van der Waals surface area (Å²) in [5, 5.41) is 5.08. The highest BCUT2D eigenvalue weighted by atomic mass is 15.1. The highest BCUT2D eigenvalue weighted by Gasteiger charge is 2.57. The van der Waals surface area contributed by atoms with Crippen LogP contribution in [0, 0.1) is 6.92 Å². The third kappa shape index (κ3) is 3.17. The van der Waals surface area contributed by atoms with Crippen molar-refractivity contribution in [3.63, 3.8) is 0 Å². The predicted molar refractivity (Wildman–Crippen MR) is 169 cm³/mol. The topological polar surface area (TPSA) is 16.8 Å². The maximum atomic E-state index is 5.23. The van der Waals surface area contributed by atoms with Gasteiger partial charge in [0.05, 0.1) is 10.8 Å². The first kappa shape index (κ1) is 24.7. The summed E-state index contributed by atoms with van der Waals surface area (Å²) in [6.45, 7) is 13.7. The van der Waals surface area contributed by atoms with Crippen molar-refractivity contribution in [2.45, 2.75) is 51.5 Å². The molecule has 0 saturated heterocycles. The van der Waals surface area contributed by atoms with Crippen molar-refractivity contribution < 1.29 is 4.57 Å². The van der Waals surface area contributed by atoms with E-state index in [0.717, 1.165) is 24.1 Å². The van der Waals surface area contributed by atoms with E-state index in [9.17, 15) is 0 Å². The smallest absolute Gasteiger partial charge is 0.240 e. The van der Waals surface area contributed by atoms with Gasteiger partial charge in [0, 0.05) is 11.8 Å². The highest BCUT2D eigenvalue weighted by Crippen LogP contribution is 2.52. The quantitative estimate of drug-likeness (QED) is 0.126. The second-order valence-electron chi connectivity index (χ2n) is 11.6. The zero-order valence-corrected chi connectivity index (χ0v) is 23.8. The molecule has 0 saturated carbocycles. The first-order chi connectivity index (χ1) is 19.5. The maximum absolute atomic E-state index is 5.23. The molecule has 5 aromatic carbocycles. The van der Waals surface area contributed by atoms with Gasteiger partial charge in [-0.1, -0.05) is 93.2 Å². The van der Waals surface area contributed by atoms with Crippen LogP contribution in [-0.4, -0.2) is 4.98 Å². The molecule has 40 heavy (non-hydrogen) atoms. The SMILES string of the molecule is C=CC1(CC)[n+]2cc(C)nc3c4ccc(-c5ccccc5)cc4c4cc(-c5ccccc5)cc(c4c32)C1(C)CC. The summed E-state index contributed by atoms with van der Waals surface area (Å²) in [5.74, 6) is 0. The number of aromatic nitrogens is 2. The van der Waals surface area contributed by atoms with E-state index in [4.69, 9.17) is 4.98 Å². The minimum Gasteiger partial charge on any atom is -0.240 e. The summed E-state index contributed by atoms with van der Waals surface area (Å²) < 4.78 is 2.53. The van der Waals surface area contributed by atoms with Crippen LogP contribution in [-0.2, 0) is 11.0 Å². The number of rotatable bonds is 5. The van der Waals surface area contributed by atoms with Crippen molar-refractivity contribution in [2.24, 2.45) is 0 Å². The van der Waals surface area contributed by atoms with Gasteiger partial charge < -0.3 is 0 Å². The van der Waals surface area contributed by atoms with Crippen molar-refractivity contribution in [1.29, 1.82) is 0 Å². The molecule has 0 N–H and O–H groups in total. The summed E-state index contributed by atoms with van der Waals surface area (Å²) in [6.07, 6.45) is 6.42. The lowest BCUT2D eigenvalue weighted by Crippen LogP contribution is -2.67. The van der Waals surface area contributed by atoms with Gasteiger partial charge in [-0.2, -0.15) is 4.57 Å². The molecule has 0 aliphatic carbocycles. The molecule has 2 heterocycles. The van der Waals surface area contributed by atoms with Crippen LogP contribution in [0.4, 0.5) is 0 Å². The molecular formula is C38H35N2+. The lowest BCUT2D eigenvalue weighted by atomic mass is 9.60. The van der Waals surface area contributed by atoms with E-state index in [0.29, 0.717) is 0 Å². The average Bonchev–Trinajstić information content (AvgIpc) is 3.01. The zero-order valence-electron chi connectivity index (χ0n) is 23.8. The fraction of sp³-hybridized carbons (Fsp3) is 0.211. The summed E-state index contributed by atoms with van der Waals surface area (Å²) in [7, 11) is 0. The van der Waals surface area contributed by atoms with Gasteiger partial charge in [-0.05, 0) is 83.1 Å². The summed E-state index contributed by atoms with van der Waals surface area (Å²) in [6, 6.07) is 33.3. The van der Waals surface area contributed by atoms with E-state index in [1.807, 2.05) is 0 Å².